The SMILES string of the molecule is O=C(CN1CCCC1=O)Nc1cnc(Cl)c(Br)c1. The van der Waals surface area contributed by atoms with E-state index in [2.05, 4.69) is 26.2 Å². The number of amides is 2. The first kappa shape index (κ1) is 13.3. The Hall–Kier alpha value is -1.14. The van der Waals surface area contributed by atoms with E-state index in [0.29, 0.717) is 28.3 Å². The molecule has 1 N–H and O–H groups in total. The fourth-order valence-corrected chi connectivity index (χ4v) is 2.19. The van der Waals surface area contributed by atoms with Gasteiger partial charge in [-0.25, -0.2) is 4.98 Å². The number of aromatic nitrogens is 1. The van der Waals surface area contributed by atoms with Gasteiger partial charge in [-0.05, 0) is 28.4 Å². The van der Waals surface area contributed by atoms with Gasteiger partial charge in [0.15, 0.2) is 0 Å². The Morgan fingerprint density at radius 3 is 3.00 bits per heavy atom. The van der Waals surface area contributed by atoms with Gasteiger partial charge < -0.3 is 10.2 Å². The quantitative estimate of drug-likeness (QED) is 0.862. The smallest absolute Gasteiger partial charge is 0.244 e. The first-order valence-corrected chi connectivity index (χ1v) is 6.62. The maximum Gasteiger partial charge on any atom is 0.244 e. The number of carbonyl (C=O) groups excluding carboxylic acids is 2. The lowest BCUT2D eigenvalue weighted by molar-refractivity contribution is -0.131. The first-order valence-electron chi connectivity index (χ1n) is 5.45. The predicted octanol–water partition coefficient (Wildman–Crippen LogP) is 2.06. The van der Waals surface area contributed by atoms with E-state index in [1.165, 1.54) is 6.20 Å². The van der Waals surface area contributed by atoms with Crippen LogP contribution in [0.4, 0.5) is 5.69 Å². The van der Waals surface area contributed by atoms with Crippen molar-refractivity contribution >= 4 is 45.0 Å². The molecule has 1 aromatic heterocycles. The van der Waals surface area contributed by atoms with Gasteiger partial charge in [-0.3, -0.25) is 9.59 Å². The summed E-state index contributed by atoms with van der Waals surface area (Å²) in [4.78, 5) is 28.5. The molecule has 0 unspecified atom stereocenters. The second kappa shape index (κ2) is 5.67. The van der Waals surface area contributed by atoms with Crippen LogP contribution in [0.1, 0.15) is 12.8 Å². The number of pyridine rings is 1. The fourth-order valence-electron chi connectivity index (χ4n) is 1.73. The van der Waals surface area contributed by atoms with Crippen LogP contribution < -0.4 is 5.32 Å². The Balaban J connectivity index is 1.94. The monoisotopic (exact) mass is 331 g/mol. The van der Waals surface area contributed by atoms with Crippen LogP contribution in [0.15, 0.2) is 16.7 Å². The maximum absolute atomic E-state index is 11.7. The van der Waals surface area contributed by atoms with Gasteiger partial charge in [0.05, 0.1) is 22.9 Å². The number of hydrogen-bond acceptors (Lipinski definition) is 3. The summed E-state index contributed by atoms with van der Waals surface area (Å²) in [5.74, 6) is -0.207. The van der Waals surface area contributed by atoms with Crippen LogP contribution in [-0.2, 0) is 9.59 Å². The third kappa shape index (κ3) is 3.20. The van der Waals surface area contributed by atoms with Gasteiger partial charge in [0, 0.05) is 13.0 Å². The third-order valence-corrected chi connectivity index (χ3v) is 3.72. The summed E-state index contributed by atoms with van der Waals surface area (Å²) in [6.45, 7) is 0.730. The molecule has 7 heteroatoms. The molecular formula is C11H11BrClN3O2. The van der Waals surface area contributed by atoms with Crippen LogP contribution >= 0.6 is 27.5 Å². The Morgan fingerprint density at radius 2 is 2.39 bits per heavy atom. The molecule has 96 valence electrons. The predicted molar refractivity (Wildman–Crippen MR) is 71.4 cm³/mol. The average Bonchev–Trinajstić information content (AvgIpc) is 2.70. The van der Waals surface area contributed by atoms with Crippen LogP contribution in [0.3, 0.4) is 0 Å². The number of nitrogens with one attached hydrogen (secondary N) is 1. The lowest BCUT2D eigenvalue weighted by atomic mass is 10.4. The molecular weight excluding hydrogens is 321 g/mol. The zero-order valence-electron chi connectivity index (χ0n) is 9.45. The van der Waals surface area contributed by atoms with Crippen molar-refractivity contribution in [3.63, 3.8) is 0 Å². The molecule has 0 saturated carbocycles. The van der Waals surface area contributed by atoms with Gasteiger partial charge in [0.25, 0.3) is 0 Å². The van der Waals surface area contributed by atoms with Crippen LogP contribution in [0.2, 0.25) is 5.15 Å². The summed E-state index contributed by atoms with van der Waals surface area (Å²) in [6.07, 6.45) is 2.82. The minimum absolute atomic E-state index is 0.0283. The van der Waals surface area contributed by atoms with E-state index in [1.54, 1.807) is 11.0 Å². The molecule has 1 aromatic rings. The highest BCUT2D eigenvalue weighted by Crippen LogP contribution is 2.22. The van der Waals surface area contributed by atoms with Gasteiger partial charge in [0.1, 0.15) is 5.15 Å². The summed E-state index contributed by atoms with van der Waals surface area (Å²) in [5, 5.41) is 3.01. The van der Waals surface area contributed by atoms with E-state index in [9.17, 15) is 9.59 Å². The number of carbonyl (C=O) groups is 2. The Labute approximate surface area is 118 Å². The highest BCUT2D eigenvalue weighted by Gasteiger charge is 2.22. The van der Waals surface area contributed by atoms with Gasteiger partial charge in [-0.2, -0.15) is 0 Å². The van der Waals surface area contributed by atoms with Gasteiger partial charge in [-0.15, -0.1) is 0 Å². The normalized spacial score (nSPS) is 15.0. The molecule has 1 fully saturated rings. The van der Waals surface area contributed by atoms with Crippen molar-refractivity contribution in [2.75, 3.05) is 18.4 Å². The summed E-state index contributed by atoms with van der Waals surface area (Å²) in [6, 6.07) is 1.67. The number of rotatable bonds is 3. The molecule has 2 rings (SSSR count). The summed E-state index contributed by atoms with van der Waals surface area (Å²) < 4.78 is 0.610. The number of hydrogen-bond donors (Lipinski definition) is 1. The molecule has 2 heterocycles. The highest BCUT2D eigenvalue weighted by atomic mass is 79.9. The van der Waals surface area contributed by atoms with E-state index < -0.39 is 0 Å². The molecule has 0 aromatic carbocycles. The zero-order chi connectivity index (χ0) is 13.1. The van der Waals surface area contributed by atoms with Crippen LogP contribution in [0.25, 0.3) is 0 Å². The number of anilines is 1. The molecule has 0 spiro atoms. The first-order chi connectivity index (χ1) is 8.56. The van der Waals surface area contributed by atoms with E-state index in [0.717, 1.165) is 6.42 Å². The highest BCUT2D eigenvalue weighted by molar-refractivity contribution is 9.10. The Morgan fingerprint density at radius 1 is 1.61 bits per heavy atom. The van der Waals surface area contributed by atoms with E-state index >= 15 is 0 Å². The van der Waals surface area contributed by atoms with Crippen molar-refractivity contribution in [1.29, 1.82) is 0 Å². The molecule has 1 aliphatic heterocycles. The zero-order valence-corrected chi connectivity index (χ0v) is 11.8. The van der Waals surface area contributed by atoms with Crippen molar-refractivity contribution in [2.45, 2.75) is 12.8 Å². The van der Waals surface area contributed by atoms with Gasteiger partial charge >= 0.3 is 0 Å². The number of halogens is 2. The van der Waals surface area contributed by atoms with Crippen LogP contribution in [0, 0.1) is 0 Å². The lowest BCUT2D eigenvalue weighted by Crippen LogP contribution is -2.33. The number of likely N-dealkylation sites (tertiary alicyclic amines) is 1. The summed E-state index contributed by atoms with van der Waals surface area (Å²) >= 11 is 8.97. The van der Waals surface area contributed by atoms with Crippen molar-refractivity contribution in [3.05, 3.63) is 21.9 Å². The van der Waals surface area contributed by atoms with E-state index in [4.69, 9.17) is 11.6 Å². The topological polar surface area (TPSA) is 62.3 Å². The molecule has 0 atom stereocenters. The van der Waals surface area contributed by atoms with Crippen LogP contribution in [0.5, 0.6) is 0 Å². The van der Waals surface area contributed by atoms with E-state index in [-0.39, 0.29) is 18.4 Å². The largest absolute Gasteiger partial charge is 0.333 e. The standard InChI is InChI=1S/C11H11BrClN3O2/c12-8-4-7(5-14-11(8)13)15-9(17)6-16-3-1-2-10(16)18/h4-5H,1-3,6H2,(H,15,17). The molecule has 1 saturated heterocycles. The van der Waals surface area contributed by atoms with Gasteiger partial charge in [0.2, 0.25) is 11.8 Å². The van der Waals surface area contributed by atoms with Gasteiger partial charge in [-0.1, -0.05) is 11.6 Å². The molecule has 0 radical (unpaired) electrons. The second-order valence-electron chi connectivity index (χ2n) is 3.96. The molecule has 2 amide bonds. The Kier molecular flexibility index (Phi) is 4.19. The molecule has 18 heavy (non-hydrogen) atoms. The minimum Gasteiger partial charge on any atom is -0.333 e. The summed E-state index contributed by atoms with van der Waals surface area (Å²) in [5.41, 5.74) is 0.544. The van der Waals surface area contributed by atoms with Crippen molar-refractivity contribution in [2.24, 2.45) is 0 Å². The fraction of sp³-hybridized carbons (Fsp3) is 0.364. The second-order valence-corrected chi connectivity index (χ2v) is 5.18. The molecule has 1 aliphatic rings. The molecule has 5 nitrogen and oxygen atoms in total. The number of nitrogens with zero attached hydrogens (tertiary/aromatic N) is 2. The average molecular weight is 333 g/mol. The molecule has 0 aliphatic carbocycles. The Bertz CT molecular complexity index is 495. The van der Waals surface area contributed by atoms with E-state index in [1.807, 2.05) is 0 Å². The van der Waals surface area contributed by atoms with Crippen LogP contribution in [-0.4, -0.2) is 34.8 Å². The van der Waals surface area contributed by atoms with Crippen molar-refractivity contribution in [3.8, 4) is 0 Å². The maximum atomic E-state index is 11.7. The summed E-state index contributed by atoms with van der Waals surface area (Å²) in [7, 11) is 0. The lowest BCUT2D eigenvalue weighted by Gasteiger charge is -2.14. The van der Waals surface area contributed by atoms with Crippen molar-refractivity contribution < 1.29 is 9.59 Å². The third-order valence-electron chi connectivity index (χ3n) is 2.59. The molecule has 0 bridgehead atoms. The minimum atomic E-state index is -0.235. The van der Waals surface area contributed by atoms with Crippen molar-refractivity contribution in [1.82, 2.24) is 9.88 Å².